The molecule has 0 aliphatic carbocycles. The van der Waals surface area contributed by atoms with Crippen molar-refractivity contribution < 1.29 is 18.0 Å². The van der Waals surface area contributed by atoms with E-state index in [0.717, 1.165) is 11.3 Å². The van der Waals surface area contributed by atoms with Crippen LogP contribution in [0.4, 0.5) is 13.2 Å². The van der Waals surface area contributed by atoms with Crippen LogP contribution in [0.25, 0.3) is 0 Å². The summed E-state index contributed by atoms with van der Waals surface area (Å²) < 4.78 is 35.4. The van der Waals surface area contributed by atoms with Crippen molar-refractivity contribution in [3.8, 4) is 6.07 Å². The molecule has 0 unspecified atom stereocenters. The van der Waals surface area contributed by atoms with Gasteiger partial charge in [-0.3, -0.25) is 4.79 Å². The normalized spacial score (nSPS) is 11.0. The molecular formula is C8H4F3NOS. The Morgan fingerprint density at radius 2 is 2.14 bits per heavy atom. The van der Waals surface area contributed by atoms with Gasteiger partial charge in [-0.25, -0.2) is 0 Å². The van der Waals surface area contributed by atoms with E-state index in [1.165, 1.54) is 12.1 Å². The van der Waals surface area contributed by atoms with Crippen molar-refractivity contribution in [2.45, 2.75) is 12.6 Å². The number of hydrogen-bond donors (Lipinski definition) is 0. The van der Waals surface area contributed by atoms with Crippen LogP contribution < -0.4 is 0 Å². The van der Waals surface area contributed by atoms with Crippen molar-refractivity contribution in [2.75, 3.05) is 0 Å². The number of carbonyl (C=O) groups excluding carboxylic acids is 1. The predicted molar refractivity (Wildman–Crippen MR) is 43.8 cm³/mol. The maximum Gasteiger partial charge on any atom is 0.450 e. The lowest BCUT2D eigenvalue weighted by molar-refractivity contribution is -0.170. The summed E-state index contributed by atoms with van der Waals surface area (Å²) in [5, 5.41) is 8.40. The van der Waals surface area contributed by atoms with Gasteiger partial charge in [-0.05, 0) is 12.1 Å². The fraction of sp³-hybridized carbons (Fsp3) is 0.250. The number of rotatable bonds is 2. The second-order valence-corrected chi connectivity index (χ2v) is 3.64. The Kier molecular flexibility index (Phi) is 2.91. The number of Topliss-reactive ketones (excluding diaryl/α,β-unsaturated/α-hetero) is 1. The quantitative estimate of drug-likeness (QED) is 0.765. The van der Waals surface area contributed by atoms with E-state index in [2.05, 4.69) is 0 Å². The molecule has 0 fully saturated rings. The highest BCUT2D eigenvalue weighted by Gasteiger charge is 2.37. The Morgan fingerprint density at radius 1 is 1.50 bits per heavy atom. The van der Waals surface area contributed by atoms with Crippen LogP contribution >= 0.6 is 11.3 Å². The van der Waals surface area contributed by atoms with Crippen molar-refractivity contribution in [3.05, 3.63) is 21.9 Å². The zero-order valence-corrected chi connectivity index (χ0v) is 7.58. The first-order valence-electron chi connectivity index (χ1n) is 3.52. The van der Waals surface area contributed by atoms with Gasteiger partial charge in [0.05, 0.1) is 6.42 Å². The van der Waals surface area contributed by atoms with Gasteiger partial charge in [0.1, 0.15) is 10.9 Å². The molecule has 0 bridgehead atoms. The molecule has 0 aliphatic rings. The number of halogens is 3. The molecule has 0 radical (unpaired) electrons. The molecule has 0 amide bonds. The minimum atomic E-state index is -4.79. The number of hydrogen-bond acceptors (Lipinski definition) is 3. The molecule has 0 aromatic carbocycles. The summed E-state index contributed by atoms with van der Waals surface area (Å²) >= 11 is 0.895. The van der Waals surface area contributed by atoms with Crippen molar-refractivity contribution >= 4 is 17.1 Å². The number of alkyl halides is 3. The summed E-state index contributed by atoms with van der Waals surface area (Å²) in [6, 6.07) is 4.53. The fourth-order valence-corrected chi connectivity index (χ4v) is 1.60. The first kappa shape index (κ1) is 10.7. The topological polar surface area (TPSA) is 40.9 Å². The Balaban J connectivity index is 2.71. The van der Waals surface area contributed by atoms with Crippen LogP contribution in [0.15, 0.2) is 12.1 Å². The summed E-state index contributed by atoms with van der Waals surface area (Å²) in [6.07, 6.45) is -5.48. The van der Waals surface area contributed by atoms with Gasteiger partial charge in [-0.1, -0.05) is 0 Å². The molecule has 0 saturated heterocycles. The van der Waals surface area contributed by atoms with Crippen LogP contribution in [0.1, 0.15) is 9.75 Å². The zero-order valence-electron chi connectivity index (χ0n) is 6.76. The minimum absolute atomic E-state index is 0.254. The average molecular weight is 219 g/mol. The van der Waals surface area contributed by atoms with Gasteiger partial charge in [0.25, 0.3) is 0 Å². The highest BCUT2D eigenvalue weighted by Crippen LogP contribution is 2.22. The van der Waals surface area contributed by atoms with Crippen molar-refractivity contribution in [2.24, 2.45) is 0 Å². The second-order valence-electron chi connectivity index (χ2n) is 2.48. The molecule has 14 heavy (non-hydrogen) atoms. The van der Waals surface area contributed by atoms with E-state index in [1.807, 2.05) is 0 Å². The van der Waals surface area contributed by atoms with Crippen LogP contribution in [0, 0.1) is 11.3 Å². The highest BCUT2D eigenvalue weighted by atomic mass is 32.1. The molecule has 0 atom stereocenters. The SMILES string of the molecule is N#Cc1ccc(CC(=O)C(F)(F)F)s1. The summed E-state index contributed by atoms with van der Waals surface area (Å²) in [5.74, 6) is -1.79. The van der Waals surface area contributed by atoms with Gasteiger partial charge in [0, 0.05) is 4.88 Å². The number of nitriles is 1. The van der Waals surface area contributed by atoms with Gasteiger partial charge >= 0.3 is 6.18 Å². The largest absolute Gasteiger partial charge is 0.450 e. The molecule has 0 spiro atoms. The Bertz CT molecular complexity index is 388. The van der Waals surface area contributed by atoms with E-state index in [9.17, 15) is 18.0 Å². The summed E-state index contributed by atoms with van der Waals surface area (Å²) in [6.45, 7) is 0. The van der Waals surface area contributed by atoms with Gasteiger partial charge in [0.2, 0.25) is 5.78 Å². The average Bonchev–Trinajstić information content (AvgIpc) is 2.50. The summed E-state index contributed by atoms with van der Waals surface area (Å²) in [4.78, 5) is 11.1. The molecule has 0 saturated carbocycles. The van der Waals surface area contributed by atoms with Crippen LogP contribution in [-0.2, 0) is 11.2 Å². The minimum Gasteiger partial charge on any atom is -0.289 e. The second kappa shape index (κ2) is 3.80. The van der Waals surface area contributed by atoms with Gasteiger partial charge in [-0.2, -0.15) is 18.4 Å². The molecule has 6 heteroatoms. The Labute approximate surface area is 81.6 Å². The zero-order chi connectivity index (χ0) is 10.8. The highest BCUT2D eigenvalue weighted by molar-refractivity contribution is 7.12. The molecule has 1 aromatic heterocycles. The lowest BCUT2D eigenvalue weighted by Crippen LogP contribution is -2.24. The van der Waals surface area contributed by atoms with Crippen LogP contribution in [-0.4, -0.2) is 12.0 Å². The molecule has 1 heterocycles. The standard InChI is InChI=1S/C8H4F3NOS/c9-8(10,11)7(13)3-5-1-2-6(4-12)14-5/h1-2H,3H2. The lowest BCUT2D eigenvalue weighted by atomic mass is 10.2. The molecule has 74 valence electrons. The van der Waals surface area contributed by atoms with E-state index < -0.39 is 18.4 Å². The number of nitrogens with zero attached hydrogens (tertiary/aromatic N) is 1. The van der Waals surface area contributed by atoms with Crippen LogP contribution in [0.5, 0.6) is 0 Å². The fourth-order valence-electron chi connectivity index (χ4n) is 0.791. The molecular weight excluding hydrogens is 215 g/mol. The monoisotopic (exact) mass is 219 g/mol. The van der Waals surface area contributed by atoms with E-state index >= 15 is 0 Å². The number of thiophene rings is 1. The van der Waals surface area contributed by atoms with E-state index in [1.54, 1.807) is 6.07 Å². The third-order valence-electron chi connectivity index (χ3n) is 1.42. The molecule has 0 N–H and O–H groups in total. The van der Waals surface area contributed by atoms with E-state index in [-0.39, 0.29) is 4.88 Å². The van der Waals surface area contributed by atoms with Gasteiger partial charge in [0.15, 0.2) is 0 Å². The van der Waals surface area contributed by atoms with Crippen molar-refractivity contribution in [1.29, 1.82) is 5.26 Å². The first-order valence-corrected chi connectivity index (χ1v) is 4.34. The number of carbonyl (C=O) groups is 1. The first-order chi connectivity index (χ1) is 6.43. The van der Waals surface area contributed by atoms with E-state index in [4.69, 9.17) is 5.26 Å². The predicted octanol–water partition coefficient (Wildman–Crippen LogP) is 2.29. The molecule has 1 aromatic rings. The van der Waals surface area contributed by atoms with Crippen LogP contribution in [0.3, 0.4) is 0 Å². The smallest absolute Gasteiger partial charge is 0.289 e. The molecule has 1 rings (SSSR count). The van der Waals surface area contributed by atoms with E-state index in [0.29, 0.717) is 4.88 Å². The van der Waals surface area contributed by atoms with Gasteiger partial charge in [-0.15, -0.1) is 11.3 Å². The third-order valence-corrected chi connectivity index (χ3v) is 2.41. The van der Waals surface area contributed by atoms with Gasteiger partial charge < -0.3 is 0 Å². The molecule has 0 aliphatic heterocycles. The summed E-state index contributed by atoms with van der Waals surface area (Å²) in [5.41, 5.74) is 0. The third kappa shape index (κ3) is 2.57. The lowest BCUT2D eigenvalue weighted by Gasteiger charge is -2.02. The Hall–Kier alpha value is -1.35. The van der Waals surface area contributed by atoms with Crippen molar-refractivity contribution in [3.63, 3.8) is 0 Å². The number of ketones is 1. The van der Waals surface area contributed by atoms with Crippen LogP contribution in [0.2, 0.25) is 0 Å². The molecule has 2 nitrogen and oxygen atoms in total. The van der Waals surface area contributed by atoms with Crippen molar-refractivity contribution in [1.82, 2.24) is 0 Å². The maximum absolute atomic E-state index is 11.8. The summed E-state index contributed by atoms with van der Waals surface area (Å²) in [7, 11) is 0. The maximum atomic E-state index is 11.8. The Morgan fingerprint density at radius 3 is 2.57 bits per heavy atom.